The molecule has 1 amide bonds. The van der Waals surface area contributed by atoms with Crippen LogP contribution in [0.4, 0.5) is 5.69 Å². The van der Waals surface area contributed by atoms with Gasteiger partial charge in [-0.15, -0.1) is 0 Å². The van der Waals surface area contributed by atoms with Gasteiger partial charge < -0.3 is 14.2 Å². The Kier molecular flexibility index (Phi) is 7.52. The van der Waals surface area contributed by atoms with Crippen molar-refractivity contribution in [3.63, 3.8) is 0 Å². The van der Waals surface area contributed by atoms with Gasteiger partial charge in [0, 0.05) is 16.8 Å². The number of carbonyl (C=O) groups is 1. The first-order chi connectivity index (χ1) is 15.9. The van der Waals surface area contributed by atoms with E-state index in [4.69, 9.17) is 14.2 Å². The largest absolute Gasteiger partial charge is 0.493 e. The van der Waals surface area contributed by atoms with E-state index < -0.39 is 15.9 Å². The Morgan fingerprint density at radius 3 is 2.03 bits per heavy atom. The van der Waals surface area contributed by atoms with Crippen LogP contribution in [0.2, 0.25) is 0 Å². The monoisotopic (exact) mass is 469 g/mol. The minimum atomic E-state index is -3.71. The molecule has 9 nitrogen and oxygen atoms in total. The van der Waals surface area contributed by atoms with Crippen molar-refractivity contribution < 1.29 is 27.4 Å². The number of hydrogen-bond donors (Lipinski definition) is 2. The lowest BCUT2D eigenvalue weighted by molar-refractivity contribution is 0.0955. The summed E-state index contributed by atoms with van der Waals surface area (Å²) in [6.07, 6.45) is 1.44. The highest BCUT2D eigenvalue weighted by Gasteiger charge is 2.14. The highest BCUT2D eigenvalue weighted by Crippen LogP contribution is 2.37. The quantitative estimate of drug-likeness (QED) is 0.367. The molecule has 0 heterocycles. The van der Waals surface area contributed by atoms with E-state index in [-0.39, 0.29) is 4.90 Å². The predicted molar refractivity (Wildman–Crippen MR) is 125 cm³/mol. The van der Waals surface area contributed by atoms with Gasteiger partial charge in [-0.2, -0.15) is 5.10 Å². The van der Waals surface area contributed by atoms with E-state index in [1.807, 2.05) is 0 Å². The maximum atomic E-state index is 12.4. The lowest BCUT2D eigenvalue weighted by Gasteiger charge is -2.12. The number of hydrogen-bond acceptors (Lipinski definition) is 7. The van der Waals surface area contributed by atoms with Crippen molar-refractivity contribution in [2.24, 2.45) is 5.10 Å². The third kappa shape index (κ3) is 5.80. The number of sulfonamides is 1. The van der Waals surface area contributed by atoms with Gasteiger partial charge in [-0.3, -0.25) is 9.52 Å². The second kappa shape index (κ2) is 10.5. The Hall–Kier alpha value is -4.05. The van der Waals surface area contributed by atoms with Gasteiger partial charge in [0.2, 0.25) is 5.75 Å². The van der Waals surface area contributed by atoms with Crippen LogP contribution < -0.4 is 24.4 Å². The van der Waals surface area contributed by atoms with E-state index in [2.05, 4.69) is 15.2 Å². The van der Waals surface area contributed by atoms with Crippen molar-refractivity contribution in [3.8, 4) is 17.2 Å². The molecule has 0 spiro atoms. The molecule has 10 heteroatoms. The lowest BCUT2D eigenvalue weighted by atomic mass is 10.2. The maximum Gasteiger partial charge on any atom is 0.271 e. The fourth-order valence-corrected chi connectivity index (χ4v) is 3.99. The number of carbonyl (C=O) groups excluding carboxylic acids is 1. The summed E-state index contributed by atoms with van der Waals surface area (Å²) in [4.78, 5) is 12.5. The van der Waals surface area contributed by atoms with Crippen LogP contribution in [0, 0.1) is 0 Å². The molecule has 3 aromatic carbocycles. The van der Waals surface area contributed by atoms with Crippen LogP contribution in [0.1, 0.15) is 15.9 Å². The Morgan fingerprint density at radius 2 is 1.48 bits per heavy atom. The molecule has 0 aromatic heterocycles. The first-order valence-corrected chi connectivity index (χ1v) is 11.2. The summed E-state index contributed by atoms with van der Waals surface area (Å²) in [5, 5.41) is 3.96. The molecule has 33 heavy (non-hydrogen) atoms. The summed E-state index contributed by atoms with van der Waals surface area (Å²) < 4.78 is 43.1. The highest BCUT2D eigenvalue weighted by atomic mass is 32.2. The molecule has 0 saturated heterocycles. The molecule has 0 unspecified atom stereocenters. The van der Waals surface area contributed by atoms with Crippen molar-refractivity contribution in [3.05, 3.63) is 77.9 Å². The van der Waals surface area contributed by atoms with Crippen LogP contribution in [0.3, 0.4) is 0 Å². The highest BCUT2D eigenvalue weighted by molar-refractivity contribution is 7.92. The first kappa shape index (κ1) is 23.6. The van der Waals surface area contributed by atoms with Crippen LogP contribution in [-0.4, -0.2) is 41.9 Å². The van der Waals surface area contributed by atoms with Gasteiger partial charge in [0.1, 0.15) is 0 Å². The summed E-state index contributed by atoms with van der Waals surface area (Å²) in [5.74, 6) is 0.900. The number of methoxy groups -OCH3 is 3. The van der Waals surface area contributed by atoms with E-state index in [9.17, 15) is 13.2 Å². The minimum Gasteiger partial charge on any atom is -0.493 e. The normalized spacial score (nSPS) is 11.1. The Morgan fingerprint density at radius 1 is 0.879 bits per heavy atom. The average molecular weight is 470 g/mol. The van der Waals surface area contributed by atoms with Crippen LogP contribution in [0.15, 0.2) is 76.7 Å². The minimum absolute atomic E-state index is 0.146. The van der Waals surface area contributed by atoms with Gasteiger partial charge >= 0.3 is 0 Å². The average Bonchev–Trinajstić information content (AvgIpc) is 2.84. The molecule has 172 valence electrons. The molecule has 0 aliphatic carbocycles. The molecule has 0 radical (unpaired) electrons. The van der Waals surface area contributed by atoms with Gasteiger partial charge in [0.05, 0.1) is 32.4 Å². The van der Waals surface area contributed by atoms with Crippen LogP contribution in [-0.2, 0) is 10.0 Å². The van der Waals surface area contributed by atoms with Gasteiger partial charge in [0.15, 0.2) is 11.5 Å². The first-order valence-electron chi connectivity index (χ1n) is 9.69. The zero-order valence-corrected chi connectivity index (χ0v) is 19.0. The van der Waals surface area contributed by atoms with Crippen LogP contribution >= 0.6 is 0 Å². The van der Waals surface area contributed by atoms with E-state index >= 15 is 0 Å². The van der Waals surface area contributed by atoms with Crippen LogP contribution in [0.25, 0.3) is 0 Å². The van der Waals surface area contributed by atoms with E-state index in [0.29, 0.717) is 34.1 Å². The Bertz CT molecular complexity index is 1220. The third-order valence-corrected chi connectivity index (χ3v) is 5.92. The van der Waals surface area contributed by atoms with Crippen molar-refractivity contribution in [1.29, 1.82) is 0 Å². The fourth-order valence-electron chi connectivity index (χ4n) is 2.91. The summed E-state index contributed by atoms with van der Waals surface area (Å²) in [7, 11) is 0.802. The summed E-state index contributed by atoms with van der Waals surface area (Å²) in [6, 6.07) is 17.4. The van der Waals surface area contributed by atoms with Crippen molar-refractivity contribution in [2.75, 3.05) is 26.1 Å². The molecule has 0 aliphatic rings. The molecule has 3 aromatic rings. The number of rotatable bonds is 9. The molecular formula is C23H23N3O6S. The number of benzene rings is 3. The smallest absolute Gasteiger partial charge is 0.271 e. The molecule has 0 fully saturated rings. The third-order valence-electron chi connectivity index (χ3n) is 4.52. The molecule has 3 rings (SSSR count). The zero-order chi connectivity index (χ0) is 23.8. The second-order valence-electron chi connectivity index (χ2n) is 6.65. The number of nitrogens with one attached hydrogen (secondary N) is 2. The number of amides is 1. The standard InChI is InChI=1S/C23H23N3O6S/c1-30-20-13-16(14-21(31-2)22(20)32-3)15-24-25-23(27)17-9-11-18(12-10-17)26-33(28,29)19-7-5-4-6-8-19/h4-15,26H,1-3H3,(H,25,27)/b24-15+. The number of nitrogens with zero attached hydrogens (tertiary/aromatic N) is 1. The van der Waals surface area contributed by atoms with Gasteiger partial charge in [0.25, 0.3) is 15.9 Å². The van der Waals surface area contributed by atoms with Gasteiger partial charge in [-0.25, -0.2) is 13.8 Å². The molecular weight excluding hydrogens is 446 g/mol. The van der Waals surface area contributed by atoms with Crippen molar-refractivity contribution in [2.45, 2.75) is 4.90 Å². The van der Waals surface area contributed by atoms with Crippen LogP contribution in [0.5, 0.6) is 17.2 Å². The predicted octanol–water partition coefficient (Wildman–Crippen LogP) is 3.28. The Balaban J connectivity index is 1.66. The van der Waals surface area contributed by atoms with Crippen molar-refractivity contribution in [1.82, 2.24) is 5.43 Å². The van der Waals surface area contributed by atoms with Crippen molar-refractivity contribution >= 4 is 27.8 Å². The molecule has 2 N–H and O–H groups in total. The topological polar surface area (TPSA) is 115 Å². The molecule has 0 bridgehead atoms. The number of hydrazone groups is 1. The fraction of sp³-hybridized carbons (Fsp3) is 0.130. The summed E-state index contributed by atoms with van der Waals surface area (Å²) in [6.45, 7) is 0. The zero-order valence-electron chi connectivity index (χ0n) is 18.2. The molecule has 0 atom stereocenters. The Labute approximate surface area is 192 Å². The van der Waals surface area contributed by atoms with E-state index in [0.717, 1.165) is 0 Å². The molecule has 0 saturated carbocycles. The lowest BCUT2D eigenvalue weighted by Crippen LogP contribution is -2.18. The number of anilines is 1. The SMILES string of the molecule is COc1cc(/C=N/NC(=O)c2ccc(NS(=O)(=O)c3ccccc3)cc2)cc(OC)c1OC. The van der Waals surface area contributed by atoms with Gasteiger partial charge in [-0.1, -0.05) is 18.2 Å². The summed E-state index contributed by atoms with van der Waals surface area (Å²) >= 11 is 0. The van der Waals surface area contributed by atoms with E-state index in [1.54, 1.807) is 30.3 Å². The maximum absolute atomic E-state index is 12.4. The second-order valence-corrected chi connectivity index (χ2v) is 8.34. The van der Waals surface area contributed by atoms with E-state index in [1.165, 1.54) is 63.9 Å². The van der Waals surface area contributed by atoms with Gasteiger partial charge in [-0.05, 0) is 48.5 Å². The number of ether oxygens (including phenoxy) is 3. The molecule has 0 aliphatic heterocycles. The summed E-state index contributed by atoms with van der Waals surface area (Å²) in [5.41, 5.74) is 3.68.